The summed E-state index contributed by atoms with van der Waals surface area (Å²) in [6, 6.07) is 7.26. The number of aliphatic hydroxyl groups is 7. The smallest absolute Gasteiger partial charge is 0.217 e. The first-order valence-corrected chi connectivity index (χ1v) is 10.6. The summed E-state index contributed by atoms with van der Waals surface area (Å²) in [5.41, 5.74) is 0.632. The molecule has 12 heteroatoms. The van der Waals surface area contributed by atoms with Gasteiger partial charge in [0.1, 0.15) is 48.8 Å². The van der Waals surface area contributed by atoms with E-state index < -0.39 is 80.0 Å². The van der Waals surface area contributed by atoms with Crippen molar-refractivity contribution in [2.75, 3.05) is 13.2 Å². The van der Waals surface area contributed by atoms with Gasteiger partial charge in [0.15, 0.2) is 12.1 Å². The second kappa shape index (κ2) is 10.7. The number of carbonyl (C=O) groups excluding carboxylic acids is 1. The van der Waals surface area contributed by atoms with E-state index in [1.54, 1.807) is 30.3 Å². The molecule has 3 rings (SSSR count). The van der Waals surface area contributed by atoms with E-state index in [-0.39, 0.29) is 6.42 Å². The molecule has 2 aliphatic heterocycles. The van der Waals surface area contributed by atoms with Crippen molar-refractivity contribution in [1.82, 2.24) is 5.32 Å². The van der Waals surface area contributed by atoms with E-state index in [0.29, 0.717) is 5.56 Å². The maximum atomic E-state index is 11.8. The van der Waals surface area contributed by atoms with Crippen LogP contribution in [-0.2, 0) is 25.4 Å². The van der Waals surface area contributed by atoms with E-state index in [0.717, 1.165) is 0 Å². The van der Waals surface area contributed by atoms with Crippen LogP contribution in [0.25, 0.3) is 0 Å². The molecule has 1 amide bonds. The van der Waals surface area contributed by atoms with Crippen LogP contribution in [0.1, 0.15) is 12.5 Å². The fraction of sp³-hybridized carbons (Fsp3) is 0.667. The molecule has 0 aliphatic carbocycles. The van der Waals surface area contributed by atoms with Gasteiger partial charge in [-0.25, -0.2) is 0 Å². The lowest BCUT2D eigenvalue weighted by atomic mass is 9.86. The number of aliphatic hydroxyl groups excluding tert-OH is 6. The van der Waals surface area contributed by atoms with Gasteiger partial charge >= 0.3 is 0 Å². The second-order valence-corrected chi connectivity index (χ2v) is 8.31. The van der Waals surface area contributed by atoms with Gasteiger partial charge in [-0.2, -0.15) is 0 Å². The van der Waals surface area contributed by atoms with Crippen LogP contribution >= 0.6 is 0 Å². The molecule has 1 unspecified atom stereocenters. The summed E-state index contributed by atoms with van der Waals surface area (Å²) in [6.07, 6.45) is -12.6. The molecule has 0 aromatic heterocycles. The molecule has 0 spiro atoms. The molecule has 2 aliphatic rings. The Morgan fingerprint density at radius 3 is 2.21 bits per heavy atom. The van der Waals surface area contributed by atoms with Crippen LogP contribution in [0.4, 0.5) is 0 Å². The molecule has 2 fully saturated rings. The van der Waals surface area contributed by atoms with Crippen molar-refractivity contribution in [2.45, 2.75) is 74.2 Å². The molecular formula is C21H31NO11. The predicted molar refractivity (Wildman–Crippen MR) is 109 cm³/mol. The molecule has 0 saturated carbocycles. The average molecular weight is 473 g/mol. The highest BCUT2D eigenvalue weighted by atomic mass is 16.7. The van der Waals surface area contributed by atoms with Crippen molar-refractivity contribution >= 4 is 5.91 Å². The van der Waals surface area contributed by atoms with Crippen LogP contribution in [0.3, 0.4) is 0 Å². The first kappa shape index (κ1) is 25.9. The summed E-state index contributed by atoms with van der Waals surface area (Å²) in [5, 5.41) is 74.2. The zero-order valence-corrected chi connectivity index (χ0v) is 18.0. The average Bonchev–Trinajstić information content (AvgIpc) is 2.79. The Labute approximate surface area is 190 Å². The predicted octanol–water partition coefficient (Wildman–Crippen LogP) is -3.64. The minimum Gasteiger partial charge on any atom is -0.394 e. The van der Waals surface area contributed by atoms with Gasteiger partial charge in [0.2, 0.25) is 5.91 Å². The number of rotatable bonds is 7. The van der Waals surface area contributed by atoms with Crippen molar-refractivity contribution < 1.29 is 54.8 Å². The quantitative estimate of drug-likeness (QED) is 0.194. The number of carbonyl (C=O) groups is 1. The molecule has 2 saturated heterocycles. The Balaban J connectivity index is 1.86. The third kappa shape index (κ3) is 5.52. The fourth-order valence-corrected chi connectivity index (χ4v) is 4.18. The second-order valence-electron chi connectivity index (χ2n) is 8.31. The molecule has 1 aromatic rings. The number of amides is 1. The number of nitrogens with one attached hydrogen (secondary N) is 1. The zero-order valence-electron chi connectivity index (χ0n) is 18.0. The van der Waals surface area contributed by atoms with Gasteiger partial charge in [0, 0.05) is 13.3 Å². The van der Waals surface area contributed by atoms with Gasteiger partial charge in [0.25, 0.3) is 0 Å². The van der Waals surface area contributed by atoms with E-state index >= 15 is 0 Å². The minimum atomic E-state index is -2.13. The van der Waals surface area contributed by atoms with Crippen LogP contribution in [0, 0.1) is 0 Å². The van der Waals surface area contributed by atoms with Crippen LogP contribution in [0.15, 0.2) is 30.3 Å². The maximum absolute atomic E-state index is 11.8. The van der Waals surface area contributed by atoms with Gasteiger partial charge < -0.3 is 55.3 Å². The Morgan fingerprint density at radius 1 is 1.00 bits per heavy atom. The number of ether oxygens (including phenoxy) is 3. The van der Waals surface area contributed by atoms with E-state index in [9.17, 15) is 40.5 Å². The Bertz CT molecular complexity index is 781. The normalized spacial score (nSPS) is 41.5. The minimum absolute atomic E-state index is 0.140. The highest BCUT2D eigenvalue weighted by Gasteiger charge is 2.56. The summed E-state index contributed by atoms with van der Waals surface area (Å²) >= 11 is 0. The summed E-state index contributed by atoms with van der Waals surface area (Å²) in [4.78, 5) is 11.8. The summed E-state index contributed by atoms with van der Waals surface area (Å²) < 4.78 is 16.6. The number of hydrogen-bond donors (Lipinski definition) is 8. The number of hydrogen-bond acceptors (Lipinski definition) is 11. The summed E-state index contributed by atoms with van der Waals surface area (Å²) in [5.74, 6) is -2.71. The first-order chi connectivity index (χ1) is 15.6. The summed E-state index contributed by atoms with van der Waals surface area (Å²) in [6.45, 7) is -0.229. The highest BCUT2D eigenvalue weighted by Crippen LogP contribution is 2.34. The van der Waals surface area contributed by atoms with Crippen LogP contribution in [0.5, 0.6) is 0 Å². The Kier molecular flexibility index (Phi) is 8.40. The molecule has 12 nitrogen and oxygen atoms in total. The van der Waals surface area contributed by atoms with Crippen LogP contribution in [0.2, 0.25) is 0 Å². The van der Waals surface area contributed by atoms with Gasteiger partial charge in [0.05, 0.1) is 13.2 Å². The molecule has 186 valence electrons. The molecule has 10 atom stereocenters. The molecule has 0 radical (unpaired) electrons. The van der Waals surface area contributed by atoms with E-state index in [1.807, 2.05) is 0 Å². The van der Waals surface area contributed by atoms with Gasteiger partial charge in [-0.1, -0.05) is 30.3 Å². The lowest BCUT2D eigenvalue weighted by molar-refractivity contribution is -0.365. The van der Waals surface area contributed by atoms with Gasteiger partial charge in [-0.05, 0) is 5.56 Å². The molecular weight excluding hydrogens is 442 g/mol. The summed E-state index contributed by atoms with van der Waals surface area (Å²) in [7, 11) is 0. The van der Waals surface area contributed by atoms with Gasteiger partial charge in [-0.15, -0.1) is 0 Å². The lowest BCUT2D eigenvalue weighted by Crippen LogP contribution is -2.72. The van der Waals surface area contributed by atoms with Gasteiger partial charge in [-0.3, -0.25) is 4.79 Å². The lowest BCUT2D eigenvalue weighted by Gasteiger charge is -2.50. The fourth-order valence-electron chi connectivity index (χ4n) is 4.18. The molecule has 0 bridgehead atoms. The van der Waals surface area contributed by atoms with E-state index in [4.69, 9.17) is 14.2 Å². The highest BCUT2D eigenvalue weighted by molar-refractivity contribution is 5.73. The van der Waals surface area contributed by atoms with Crippen molar-refractivity contribution in [2.24, 2.45) is 0 Å². The van der Waals surface area contributed by atoms with Crippen molar-refractivity contribution in [1.29, 1.82) is 0 Å². The van der Waals surface area contributed by atoms with Crippen LogP contribution < -0.4 is 5.32 Å². The molecule has 33 heavy (non-hydrogen) atoms. The SMILES string of the molecule is CC(=O)N[C@@H]1[C@@H](O)[C@H](O[C@@H]2O[C@H](CO)[C@H](O)[C@H](O)[C@H]2O)[C@@H](CO)OC1(O)Cc1ccccc1. The van der Waals surface area contributed by atoms with Crippen molar-refractivity contribution in [3.8, 4) is 0 Å². The zero-order chi connectivity index (χ0) is 24.3. The van der Waals surface area contributed by atoms with Crippen molar-refractivity contribution in [3.05, 3.63) is 35.9 Å². The Morgan fingerprint density at radius 2 is 1.64 bits per heavy atom. The molecule has 8 N–H and O–H groups in total. The maximum Gasteiger partial charge on any atom is 0.217 e. The topological polar surface area (TPSA) is 198 Å². The monoisotopic (exact) mass is 473 g/mol. The van der Waals surface area contributed by atoms with E-state index in [2.05, 4.69) is 5.32 Å². The number of benzene rings is 1. The van der Waals surface area contributed by atoms with E-state index in [1.165, 1.54) is 6.92 Å². The Hall–Kier alpha value is -1.71. The third-order valence-electron chi connectivity index (χ3n) is 5.86. The molecule has 2 heterocycles. The van der Waals surface area contributed by atoms with Crippen LogP contribution in [-0.4, -0.2) is 116 Å². The third-order valence-corrected chi connectivity index (χ3v) is 5.86. The standard InChI is InChI=1S/C21H31NO11/c1-10(25)22-19-17(29)18(32-20-16(28)15(27)14(26)12(8-23)31-20)13(9-24)33-21(19,30)7-11-5-3-2-4-6-11/h2-6,12-20,23-24,26-30H,7-9H2,1H3,(H,22,25)/t12-,13-,14+,15+,16-,17+,18-,19-,20+,21?/m1/s1. The molecule has 1 aromatic carbocycles. The largest absolute Gasteiger partial charge is 0.394 e. The van der Waals surface area contributed by atoms with Crippen molar-refractivity contribution in [3.63, 3.8) is 0 Å². The first-order valence-electron chi connectivity index (χ1n) is 10.6.